The number of hydrogen-bond donors (Lipinski definition) is 2. The lowest BCUT2D eigenvalue weighted by Gasteiger charge is -2.15. The van der Waals surface area contributed by atoms with Crippen molar-refractivity contribution < 1.29 is 4.74 Å². The lowest BCUT2D eigenvalue weighted by molar-refractivity contribution is 0.0700. The lowest BCUT2D eigenvalue weighted by atomic mass is 10.1. The molecule has 1 aromatic rings. The first kappa shape index (κ1) is 12.9. The van der Waals surface area contributed by atoms with E-state index in [0.29, 0.717) is 18.2 Å². The molecule has 1 rings (SSSR count). The van der Waals surface area contributed by atoms with Crippen molar-refractivity contribution in [3.05, 3.63) is 17.1 Å². The summed E-state index contributed by atoms with van der Waals surface area (Å²) in [7, 11) is 0. The molecule has 5 nitrogen and oxygen atoms in total. The number of hydrazine groups is 1. The molecular weight excluding hydrogens is 204 g/mol. The molecule has 0 aliphatic carbocycles. The van der Waals surface area contributed by atoms with Crippen LogP contribution < -0.4 is 11.3 Å². The van der Waals surface area contributed by atoms with Crippen molar-refractivity contribution in [3.63, 3.8) is 0 Å². The molecule has 0 saturated carbocycles. The van der Waals surface area contributed by atoms with Gasteiger partial charge in [-0.25, -0.2) is 15.8 Å². The molecule has 0 saturated heterocycles. The minimum absolute atomic E-state index is 0.110. The zero-order chi connectivity index (χ0) is 12.1. The summed E-state index contributed by atoms with van der Waals surface area (Å²) in [5.41, 5.74) is 4.62. The van der Waals surface area contributed by atoms with Crippen molar-refractivity contribution in [2.45, 2.75) is 40.2 Å². The monoisotopic (exact) mass is 224 g/mol. The molecule has 0 radical (unpaired) electrons. The fraction of sp³-hybridized carbons (Fsp3) is 0.636. The summed E-state index contributed by atoms with van der Waals surface area (Å²) in [5, 5.41) is 0. The zero-order valence-corrected chi connectivity index (χ0v) is 10.4. The maximum absolute atomic E-state index is 5.46. The van der Waals surface area contributed by atoms with Gasteiger partial charge >= 0.3 is 0 Å². The number of nitrogens with one attached hydrogen (secondary N) is 1. The first-order chi connectivity index (χ1) is 7.63. The van der Waals surface area contributed by atoms with Gasteiger partial charge in [-0.05, 0) is 27.2 Å². The Morgan fingerprint density at radius 3 is 2.56 bits per heavy atom. The maximum Gasteiger partial charge on any atom is 0.159 e. The summed E-state index contributed by atoms with van der Waals surface area (Å²) in [6, 6.07) is 0. The molecule has 0 fully saturated rings. The summed E-state index contributed by atoms with van der Waals surface area (Å²) in [6.07, 6.45) is 0.746. The van der Waals surface area contributed by atoms with Crippen molar-refractivity contribution >= 4 is 5.82 Å². The fourth-order valence-electron chi connectivity index (χ4n) is 1.67. The SMILES string of the molecule is CCOC(C)c1nc(C)c(CC)c(NN)n1. The third-order valence-corrected chi connectivity index (χ3v) is 2.50. The average Bonchev–Trinajstić information content (AvgIpc) is 2.28. The molecule has 0 aliphatic rings. The molecule has 1 atom stereocenters. The van der Waals surface area contributed by atoms with E-state index in [9.17, 15) is 0 Å². The van der Waals surface area contributed by atoms with Gasteiger partial charge in [0.1, 0.15) is 11.9 Å². The molecular formula is C11H20N4O. The van der Waals surface area contributed by atoms with Gasteiger partial charge in [-0.3, -0.25) is 0 Å². The molecule has 1 heterocycles. The molecule has 16 heavy (non-hydrogen) atoms. The predicted molar refractivity (Wildman–Crippen MR) is 64.0 cm³/mol. The molecule has 0 amide bonds. The summed E-state index contributed by atoms with van der Waals surface area (Å²) in [5.74, 6) is 6.82. The highest BCUT2D eigenvalue weighted by atomic mass is 16.5. The third-order valence-electron chi connectivity index (χ3n) is 2.50. The van der Waals surface area contributed by atoms with E-state index in [1.807, 2.05) is 20.8 Å². The number of ether oxygens (including phenoxy) is 1. The zero-order valence-electron chi connectivity index (χ0n) is 10.4. The fourth-order valence-corrected chi connectivity index (χ4v) is 1.67. The first-order valence-electron chi connectivity index (χ1n) is 5.59. The first-order valence-corrected chi connectivity index (χ1v) is 5.59. The van der Waals surface area contributed by atoms with Crippen molar-refractivity contribution in [2.24, 2.45) is 5.84 Å². The highest BCUT2D eigenvalue weighted by molar-refractivity contribution is 5.45. The van der Waals surface area contributed by atoms with E-state index in [1.54, 1.807) is 0 Å². The van der Waals surface area contributed by atoms with Crippen LogP contribution in [0.15, 0.2) is 0 Å². The van der Waals surface area contributed by atoms with E-state index in [2.05, 4.69) is 22.3 Å². The third kappa shape index (κ3) is 2.68. The molecule has 0 bridgehead atoms. The van der Waals surface area contributed by atoms with E-state index >= 15 is 0 Å². The van der Waals surface area contributed by atoms with Crippen LogP contribution in [0.1, 0.15) is 44.0 Å². The van der Waals surface area contributed by atoms with Crippen LogP contribution in [-0.2, 0) is 11.2 Å². The van der Waals surface area contributed by atoms with Gasteiger partial charge in [0, 0.05) is 17.9 Å². The molecule has 90 valence electrons. The van der Waals surface area contributed by atoms with Crippen LogP contribution >= 0.6 is 0 Å². The Labute approximate surface area is 96.4 Å². The largest absolute Gasteiger partial charge is 0.371 e. The van der Waals surface area contributed by atoms with Gasteiger partial charge < -0.3 is 10.2 Å². The highest BCUT2D eigenvalue weighted by Gasteiger charge is 2.14. The summed E-state index contributed by atoms with van der Waals surface area (Å²) >= 11 is 0. The van der Waals surface area contributed by atoms with Crippen LogP contribution in [0.5, 0.6) is 0 Å². The molecule has 3 N–H and O–H groups in total. The van der Waals surface area contributed by atoms with Gasteiger partial charge in [-0.1, -0.05) is 6.92 Å². The second kappa shape index (κ2) is 5.77. The Morgan fingerprint density at radius 2 is 2.06 bits per heavy atom. The highest BCUT2D eigenvalue weighted by Crippen LogP contribution is 2.20. The lowest BCUT2D eigenvalue weighted by Crippen LogP contribution is -2.16. The minimum atomic E-state index is -0.110. The van der Waals surface area contributed by atoms with Crippen LogP contribution in [0.3, 0.4) is 0 Å². The Morgan fingerprint density at radius 1 is 1.38 bits per heavy atom. The Balaban J connectivity index is 3.09. The number of aromatic nitrogens is 2. The second-order valence-electron chi connectivity index (χ2n) is 3.59. The Hall–Kier alpha value is -1.20. The van der Waals surface area contributed by atoms with Crippen LogP contribution in [0, 0.1) is 6.92 Å². The number of anilines is 1. The number of rotatable bonds is 5. The van der Waals surface area contributed by atoms with Crippen molar-refractivity contribution in [1.29, 1.82) is 0 Å². The van der Waals surface area contributed by atoms with Crippen molar-refractivity contribution in [1.82, 2.24) is 9.97 Å². The number of aryl methyl sites for hydroxylation is 1. The smallest absolute Gasteiger partial charge is 0.159 e. The van der Waals surface area contributed by atoms with Crippen LogP contribution in [-0.4, -0.2) is 16.6 Å². The van der Waals surface area contributed by atoms with Gasteiger partial charge in [0.25, 0.3) is 0 Å². The van der Waals surface area contributed by atoms with Gasteiger partial charge in [-0.15, -0.1) is 0 Å². The van der Waals surface area contributed by atoms with E-state index < -0.39 is 0 Å². The molecule has 0 spiro atoms. The van der Waals surface area contributed by atoms with Crippen LogP contribution in [0.2, 0.25) is 0 Å². The van der Waals surface area contributed by atoms with Crippen molar-refractivity contribution in [3.8, 4) is 0 Å². The van der Waals surface area contributed by atoms with Gasteiger partial charge in [0.15, 0.2) is 5.82 Å². The standard InChI is InChI=1S/C11H20N4O/c1-5-9-7(3)13-10(8(4)16-6-2)14-11(9)15-12/h8H,5-6,12H2,1-4H3,(H,13,14,15). The summed E-state index contributed by atoms with van der Waals surface area (Å²) in [6.45, 7) is 8.54. The van der Waals surface area contributed by atoms with Crippen LogP contribution in [0.25, 0.3) is 0 Å². The number of nitrogens with zero attached hydrogens (tertiary/aromatic N) is 2. The maximum atomic E-state index is 5.46. The second-order valence-corrected chi connectivity index (χ2v) is 3.59. The van der Waals surface area contributed by atoms with Crippen molar-refractivity contribution in [2.75, 3.05) is 12.0 Å². The quantitative estimate of drug-likeness (QED) is 0.588. The minimum Gasteiger partial charge on any atom is -0.371 e. The summed E-state index contributed by atoms with van der Waals surface area (Å²) < 4.78 is 5.46. The van der Waals surface area contributed by atoms with Gasteiger partial charge in [-0.2, -0.15) is 0 Å². The molecule has 0 aliphatic heterocycles. The van der Waals surface area contributed by atoms with Gasteiger partial charge in [0.2, 0.25) is 0 Å². The van der Waals surface area contributed by atoms with E-state index in [0.717, 1.165) is 17.7 Å². The Bertz CT molecular complexity index is 354. The van der Waals surface area contributed by atoms with Crippen LogP contribution in [0.4, 0.5) is 5.82 Å². The average molecular weight is 224 g/mol. The topological polar surface area (TPSA) is 73.1 Å². The summed E-state index contributed by atoms with van der Waals surface area (Å²) in [4.78, 5) is 8.81. The normalized spacial score (nSPS) is 12.6. The molecule has 0 aromatic carbocycles. The van der Waals surface area contributed by atoms with Gasteiger partial charge in [0.05, 0.1) is 0 Å². The molecule has 5 heteroatoms. The van der Waals surface area contributed by atoms with E-state index in [1.165, 1.54) is 0 Å². The number of hydrogen-bond acceptors (Lipinski definition) is 5. The van der Waals surface area contributed by atoms with E-state index in [4.69, 9.17) is 10.6 Å². The number of nitrogens with two attached hydrogens (primary N) is 1. The predicted octanol–water partition coefficient (Wildman–Crippen LogP) is 1.73. The molecule has 1 unspecified atom stereocenters. The number of nitrogen functional groups attached to an aromatic ring is 1. The Kier molecular flexibility index (Phi) is 4.64. The molecule has 1 aromatic heterocycles. The van der Waals surface area contributed by atoms with E-state index in [-0.39, 0.29) is 6.10 Å².